The Morgan fingerprint density at radius 2 is 2.09 bits per heavy atom. The minimum atomic E-state index is -0.833. The monoisotopic (exact) mass is 319 g/mol. The van der Waals surface area contributed by atoms with Gasteiger partial charge in [-0.15, -0.1) is 6.58 Å². The Kier molecular flexibility index (Phi) is 5.87. The van der Waals surface area contributed by atoms with Crippen molar-refractivity contribution in [2.75, 3.05) is 13.2 Å². The molecular formula is C16H17NO6. The first-order chi connectivity index (χ1) is 11.2. The van der Waals surface area contributed by atoms with Crippen LogP contribution >= 0.6 is 0 Å². The van der Waals surface area contributed by atoms with Crippen molar-refractivity contribution >= 4 is 18.3 Å². The molecule has 1 fully saturated rings. The summed E-state index contributed by atoms with van der Waals surface area (Å²) in [6, 6.07) is 8.42. The molecular weight excluding hydrogens is 302 g/mol. The lowest BCUT2D eigenvalue weighted by atomic mass is 9.92. The number of carbonyl (C=O) groups is 3. The van der Waals surface area contributed by atoms with Gasteiger partial charge in [0.25, 0.3) is 6.47 Å². The molecule has 122 valence electrons. The second-order valence-corrected chi connectivity index (χ2v) is 4.82. The van der Waals surface area contributed by atoms with Gasteiger partial charge in [0.1, 0.15) is 18.6 Å². The number of ether oxygens (including phenoxy) is 3. The number of nitrogens with one attached hydrogen (secondary N) is 1. The van der Waals surface area contributed by atoms with E-state index in [0.717, 1.165) is 0 Å². The van der Waals surface area contributed by atoms with Gasteiger partial charge < -0.3 is 19.5 Å². The van der Waals surface area contributed by atoms with Gasteiger partial charge in [-0.2, -0.15) is 0 Å². The van der Waals surface area contributed by atoms with E-state index in [0.29, 0.717) is 5.56 Å². The maximum atomic E-state index is 12.0. The smallest absolute Gasteiger partial charge is 0.340 e. The first-order valence-electron chi connectivity index (χ1n) is 7.01. The Bertz CT molecular complexity index is 561. The highest BCUT2D eigenvalue weighted by Gasteiger charge is 2.48. The summed E-state index contributed by atoms with van der Waals surface area (Å²) >= 11 is 0. The van der Waals surface area contributed by atoms with E-state index < -0.39 is 24.2 Å². The van der Waals surface area contributed by atoms with Crippen molar-refractivity contribution in [2.45, 2.75) is 12.3 Å². The molecule has 1 N–H and O–H groups in total. The number of carbonyl (C=O) groups excluding carboxylic acids is 3. The predicted molar refractivity (Wildman–Crippen MR) is 79.2 cm³/mol. The zero-order valence-electron chi connectivity index (χ0n) is 12.3. The normalized spacial score (nSPS) is 20.6. The van der Waals surface area contributed by atoms with Crippen LogP contribution in [0.1, 0.15) is 10.4 Å². The fourth-order valence-corrected chi connectivity index (χ4v) is 2.17. The van der Waals surface area contributed by atoms with Gasteiger partial charge in [-0.3, -0.25) is 9.59 Å². The highest BCUT2D eigenvalue weighted by molar-refractivity contribution is 5.91. The third-order valence-electron chi connectivity index (χ3n) is 3.31. The summed E-state index contributed by atoms with van der Waals surface area (Å²) < 4.78 is 15.4. The summed E-state index contributed by atoms with van der Waals surface area (Å²) in [4.78, 5) is 34.2. The first-order valence-corrected chi connectivity index (χ1v) is 7.01. The van der Waals surface area contributed by atoms with Crippen LogP contribution in [-0.4, -0.2) is 43.9 Å². The van der Waals surface area contributed by atoms with Crippen molar-refractivity contribution < 1.29 is 28.6 Å². The number of hydrogen-bond donors (Lipinski definition) is 1. The molecule has 1 aromatic carbocycles. The zero-order chi connectivity index (χ0) is 16.7. The topological polar surface area (TPSA) is 90.9 Å². The van der Waals surface area contributed by atoms with Crippen molar-refractivity contribution in [2.24, 2.45) is 5.92 Å². The number of hydrogen-bond acceptors (Lipinski definition) is 6. The Morgan fingerprint density at radius 3 is 2.70 bits per heavy atom. The van der Waals surface area contributed by atoms with Crippen LogP contribution < -0.4 is 5.32 Å². The molecule has 7 heteroatoms. The molecule has 1 heterocycles. The van der Waals surface area contributed by atoms with Gasteiger partial charge >= 0.3 is 5.97 Å². The van der Waals surface area contributed by atoms with Gasteiger partial charge in [-0.1, -0.05) is 24.3 Å². The van der Waals surface area contributed by atoms with E-state index in [4.69, 9.17) is 9.47 Å². The summed E-state index contributed by atoms with van der Waals surface area (Å²) in [5.41, 5.74) is 0.375. The lowest BCUT2D eigenvalue weighted by molar-refractivity contribution is -0.166. The molecule has 1 amide bonds. The third-order valence-corrected chi connectivity index (χ3v) is 3.31. The molecule has 1 aliphatic heterocycles. The second kappa shape index (κ2) is 8.09. The van der Waals surface area contributed by atoms with Crippen molar-refractivity contribution in [1.82, 2.24) is 5.32 Å². The standard InChI is InChI=1S/C16H17NO6/c1-2-8-22-12(9-21-10-18)13-14(19)17-15(13)23-16(20)11-6-4-3-5-7-11/h2-7,10,12-13,15H,1,8-9H2,(H,17,19)/t12?,13-,15+/m0/s1. The lowest BCUT2D eigenvalue weighted by Crippen LogP contribution is -2.65. The van der Waals surface area contributed by atoms with E-state index >= 15 is 0 Å². The molecule has 3 atom stereocenters. The van der Waals surface area contributed by atoms with E-state index in [1.165, 1.54) is 6.08 Å². The van der Waals surface area contributed by atoms with Gasteiger partial charge in [-0.25, -0.2) is 4.79 Å². The van der Waals surface area contributed by atoms with Crippen LogP contribution in [0.3, 0.4) is 0 Å². The molecule has 0 spiro atoms. The molecule has 1 aliphatic rings. The van der Waals surface area contributed by atoms with Crippen LogP contribution in [0.25, 0.3) is 0 Å². The molecule has 2 rings (SSSR count). The SMILES string of the molecule is C=CCOC(COC=O)[C@H]1C(=O)N[C@@H]1OC(=O)c1ccccc1. The van der Waals surface area contributed by atoms with Gasteiger partial charge in [0, 0.05) is 0 Å². The van der Waals surface area contributed by atoms with Gasteiger partial charge in [0.05, 0.1) is 12.2 Å². The maximum Gasteiger partial charge on any atom is 0.340 e. The Hall–Kier alpha value is -2.67. The highest BCUT2D eigenvalue weighted by atomic mass is 16.6. The molecule has 0 aliphatic carbocycles. The molecule has 1 saturated heterocycles. The summed E-state index contributed by atoms with van der Waals surface area (Å²) in [6.07, 6.45) is -0.0454. The van der Waals surface area contributed by atoms with Crippen LogP contribution in [0.2, 0.25) is 0 Å². The summed E-state index contributed by atoms with van der Waals surface area (Å²) in [6.45, 7) is 3.85. The average molecular weight is 319 g/mol. The van der Waals surface area contributed by atoms with Crippen molar-refractivity contribution in [1.29, 1.82) is 0 Å². The number of β-lactam (4-membered cyclic amide) rings is 1. The minimum absolute atomic E-state index is 0.116. The summed E-state index contributed by atoms with van der Waals surface area (Å²) in [7, 11) is 0. The van der Waals surface area contributed by atoms with Gasteiger partial charge in [0.2, 0.25) is 5.91 Å². The van der Waals surface area contributed by atoms with Crippen molar-refractivity contribution in [3.05, 3.63) is 48.6 Å². The van der Waals surface area contributed by atoms with Crippen LogP contribution in [0.4, 0.5) is 0 Å². The molecule has 0 aromatic heterocycles. The molecule has 0 radical (unpaired) electrons. The number of esters is 1. The van der Waals surface area contributed by atoms with E-state index in [1.807, 2.05) is 0 Å². The summed E-state index contributed by atoms with van der Waals surface area (Å²) in [5, 5.41) is 2.50. The molecule has 7 nitrogen and oxygen atoms in total. The van der Waals surface area contributed by atoms with E-state index in [-0.39, 0.29) is 25.6 Å². The first kappa shape index (κ1) is 16.7. The quantitative estimate of drug-likeness (QED) is 0.311. The Labute approximate surface area is 133 Å². The van der Waals surface area contributed by atoms with Crippen LogP contribution in [0, 0.1) is 5.92 Å². The third kappa shape index (κ3) is 4.17. The molecule has 0 bridgehead atoms. The van der Waals surface area contributed by atoms with Crippen LogP contribution in [0.15, 0.2) is 43.0 Å². The van der Waals surface area contributed by atoms with Crippen LogP contribution in [0.5, 0.6) is 0 Å². The zero-order valence-corrected chi connectivity index (χ0v) is 12.3. The second-order valence-electron chi connectivity index (χ2n) is 4.82. The maximum absolute atomic E-state index is 12.0. The predicted octanol–water partition coefficient (Wildman–Crippen LogP) is 0.660. The largest absolute Gasteiger partial charge is 0.465 e. The number of amides is 1. The fourth-order valence-electron chi connectivity index (χ4n) is 2.17. The number of benzene rings is 1. The van der Waals surface area contributed by atoms with Crippen LogP contribution in [-0.2, 0) is 23.8 Å². The molecule has 1 aromatic rings. The minimum Gasteiger partial charge on any atom is -0.465 e. The number of rotatable bonds is 9. The van der Waals surface area contributed by atoms with Gasteiger partial charge in [-0.05, 0) is 12.1 Å². The Balaban J connectivity index is 2.01. The fraction of sp³-hybridized carbons (Fsp3) is 0.312. The van der Waals surface area contributed by atoms with Crippen molar-refractivity contribution in [3.63, 3.8) is 0 Å². The van der Waals surface area contributed by atoms with E-state index in [2.05, 4.69) is 16.6 Å². The van der Waals surface area contributed by atoms with E-state index in [9.17, 15) is 14.4 Å². The van der Waals surface area contributed by atoms with E-state index in [1.54, 1.807) is 30.3 Å². The Morgan fingerprint density at radius 1 is 1.35 bits per heavy atom. The van der Waals surface area contributed by atoms with Crippen molar-refractivity contribution in [3.8, 4) is 0 Å². The average Bonchev–Trinajstić information content (AvgIpc) is 2.57. The molecule has 23 heavy (non-hydrogen) atoms. The highest BCUT2D eigenvalue weighted by Crippen LogP contribution is 2.24. The molecule has 0 saturated carbocycles. The molecule has 1 unspecified atom stereocenters. The summed E-state index contributed by atoms with van der Waals surface area (Å²) in [5.74, 6) is -1.64. The van der Waals surface area contributed by atoms with Gasteiger partial charge in [0.15, 0.2) is 6.23 Å². The lowest BCUT2D eigenvalue weighted by Gasteiger charge is -2.39.